The summed E-state index contributed by atoms with van der Waals surface area (Å²) < 4.78 is 10.7. The van der Waals surface area contributed by atoms with Crippen LogP contribution in [0, 0.1) is 0 Å². The third-order valence-corrected chi connectivity index (χ3v) is 2.69. The molecule has 1 aromatic carbocycles. The molecule has 0 spiro atoms. The van der Waals surface area contributed by atoms with Gasteiger partial charge >= 0.3 is 0 Å². The maximum absolute atomic E-state index is 5.39. The number of hydrogen-bond acceptors (Lipinski definition) is 2. The molecule has 2 nitrogen and oxygen atoms in total. The first-order valence-corrected chi connectivity index (χ1v) is 7.52. The molecule has 1 heterocycles. The highest BCUT2D eigenvalue weighted by Gasteiger charge is 2.01. The lowest BCUT2D eigenvalue weighted by Crippen LogP contribution is -1.95. The molecule has 0 radical (unpaired) electrons. The number of aryl methyl sites for hydroxylation is 1. The lowest BCUT2D eigenvalue weighted by molar-refractivity contribution is 0.145. The molecule has 0 aliphatic rings. The summed E-state index contributed by atoms with van der Waals surface area (Å²) in [6.45, 7) is 7.91. The Kier molecular flexibility index (Phi) is 8.48. The quantitative estimate of drug-likeness (QED) is 0.664. The molecule has 2 heteroatoms. The van der Waals surface area contributed by atoms with Crippen molar-refractivity contribution in [1.29, 1.82) is 0 Å². The molecule has 0 unspecified atom stereocenters. The van der Waals surface area contributed by atoms with E-state index in [1.165, 1.54) is 12.0 Å². The largest absolute Gasteiger partial charge is 0.464 e. The summed E-state index contributed by atoms with van der Waals surface area (Å²) >= 11 is 0. The summed E-state index contributed by atoms with van der Waals surface area (Å²) in [5.41, 5.74) is 2.47. The summed E-state index contributed by atoms with van der Waals surface area (Å²) in [5.74, 6) is 0.927. The maximum atomic E-state index is 5.39. The molecule has 0 aliphatic heterocycles. The first-order chi connectivity index (χ1) is 9.81. The smallest absolute Gasteiger partial charge is 0.133 e. The van der Waals surface area contributed by atoms with Gasteiger partial charge in [-0.1, -0.05) is 38.5 Å². The SMILES string of the molecule is CCC.CCOCCCc1cccc(-c2ccco2)c1. The summed E-state index contributed by atoms with van der Waals surface area (Å²) in [6, 6.07) is 12.4. The normalized spacial score (nSPS) is 9.95. The monoisotopic (exact) mass is 274 g/mol. The number of hydrogen-bond donors (Lipinski definition) is 0. The van der Waals surface area contributed by atoms with Crippen molar-refractivity contribution in [3.63, 3.8) is 0 Å². The molecule has 2 aromatic rings. The van der Waals surface area contributed by atoms with Gasteiger partial charge in [-0.05, 0) is 43.5 Å². The Balaban J connectivity index is 0.000000612. The van der Waals surface area contributed by atoms with Gasteiger partial charge in [-0.2, -0.15) is 0 Å². The van der Waals surface area contributed by atoms with Crippen molar-refractivity contribution >= 4 is 0 Å². The topological polar surface area (TPSA) is 22.4 Å². The van der Waals surface area contributed by atoms with Crippen LogP contribution in [-0.2, 0) is 11.2 Å². The zero-order valence-corrected chi connectivity index (χ0v) is 12.9. The van der Waals surface area contributed by atoms with E-state index in [9.17, 15) is 0 Å². The Morgan fingerprint density at radius 3 is 2.50 bits per heavy atom. The van der Waals surface area contributed by atoms with Crippen molar-refractivity contribution in [2.24, 2.45) is 0 Å². The molecule has 20 heavy (non-hydrogen) atoms. The van der Waals surface area contributed by atoms with Gasteiger partial charge in [-0.15, -0.1) is 0 Å². The Morgan fingerprint density at radius 2 is 1.85 bits per heavy atom. The molecule has 0 bridgehead atoms. The van der Waals surface area contributed by atoms with Crippen LogP contribution in [0.2, 0.25) is 0 Å². The predicted molar refractivity (Wildman–Crippen MR) is 84.9 cm³/mol. The average molecular weight is 274 g/mol. The van der Waals surface area contributed by atoms with Crippen molar-refractivity contribution in [1.82, 2.24) is 0 Å². The Labute approximate surface area is 122 Å². The van der Waals surface area contributed by atoms with Crippen LogP contribution in [0.3, 0.4) is 0 Å². The minimum Gasteiger partial charge on any atom is -0.464 e. The highest BCUT2D eigenvalue weighted by Crippen LogP contribution is 2.21. The van der Waals surface area contributed by atoms with E-state index in [0.717, 1.165) is 37.4 Å². The molecular formula is C18H26O2. The van der Waals surface area contributed by atoms with Gasteiger partial charge in [0.15, 0.2) is 0 Å². The molecule has 0 atom stereocenters. The zero-order chi connectivity index (χ0) is 14.6. The van der Waals surface area contributed by atoms with Gasteiger partial charge in [0.05, 0.1) is 6.26 Å². The average Bonchev–Trinajstić information content (AvgIpc) is 2.99. The second-order valence-electron chi connectivity index (χ2n) is 4.69. The fraction of sp³-hybridized carbons (Fsp3) is 0.444. The number of benzene rings is 1. The fourth-order valence-corrected chi connectivity index (χ4v) is 1.85. The molecular weight excluding hydrogens is 248 g/mol. The van der Waals surface area contributed by atoms with Gasteiger partial charge in [-0.25, -0.2) is 0 Å². The van der Waals surface area contributed by atoms with Gasteiger partial charge in [0, 0.05) is 18.8 Å². The second-order valence-corrected chi connectivity index (χ2v) is 4.69. The van der Waals surface area contributed by atoms with Gasteiger partial charge in [0.25, 0.3) is 0 Å². The van der Waals surface area contributed by atoms with E-state index in [4.69, 9.17) is 9.15 Å². The van der Waals surface area contributed by atoms with Crippen LogP contribution in [0.4, 0.5) is 0 Å². The molecule has 0 N–H and O–H groups in total. The molecule has 0 saturated carbocycles. The second kappa shape index (κ2) is 10.3. The Hall–Kier alpha value is -1.54. The molecule has 1 aromatic heterocycles. The fourth-order valence-electron chi connectivity index (χ4n) is 1.85. The highest BCUT2D eigenvalue weighted by molar-refractivity contribution is 5.58. The highest BCUT2D eigenvalue weighted by atomic mass is 16.5. The minimum absolute atomic E-state index is 0.798. The van der Waals surface area contributed by atoms with Crippen LogP contribution in [0.1, 0.15) is 39.2 Å². The maximum Gasteiger partial charge on any atom is 0.133 e. The summed E-state index contributed by atoms with van der Waals surface area (Å²) in [5, 5.41) is 0. The summed E-state index contributed by atoms with van der Waals surface area (Å²) in [4.78, 5) is 0. The van der Waals surface area contributed by atoms with E-state index in [1.54, 1.807) is 6.26 Å². The summed E-state index contributed by atoms with van der Waals surface area (Å²) in [7, 11) is 0. The predicted octanol–water partition coefficient (Wildman–Crippen LogP) is 5.33. The molecule has 110 valence electrons. The van der Waals surface area contributed by atoms with Crippen molar-refractivity contribution in [2.45, 2.75) is 40.0 Å². The minimum atomic E-state index is 0.798. The Bertz CT molecular complexity index is 446. The van der Waals surface area contributed by atoms with Crippen LogP contribution in [0.15, 0.2) is 47.1 Å². The van der Waals surface area contributed by atoms with E-state index in [2.05, 4.69) is 38.1 Å². The number of furan rings is 1. The molecule has 2 rings (SSSR count). The third kappa shape index (κ3) is 6.07. The van der Waals surface area contributed by atoms with Gasteiger partial charge in [0.1, 0.15) is 5.76 Å². The van der Waals surface area contributed by atoms with Crippen molar-refractivity contribution in [2.75, 3.05) is 13.2 Å². The lowest BCUT2D eigenvalue weighted by atomic mass is 10.1. The Morgan fingerprint density at radius 1 is 1.05 bits per heavy atom. The lowest BCUT2D eigenvalue weighted by Gasteiger charge is -2.04. The van der Waals surface area contributed by atoms with E-state index in [1.807, 2.05) is 19.1 Å². The van der Waals surface area contributed by atoms with Crippen LogP contribution >= 0.6 is 0 Å². The van der Waals surface area contributed by atoms with Crippen LogP contribution in [0.25, 0.3) is 11.3 Å². The molecule has 0 fully saturated rings. The van der Waals surface area contributed by atoms with E-state index in [0.29, 0.717) is 0 Å². The summed E-state index contributed by atoms with van der Waals surface area (Å²) in [6.07, 6.45) is 5.07. The molecule has 0 amide bonds. The van der Waals surface area contributed by atoms with Crippen LogP contribution in [-0.4, -0.2) is 13.2 Å². The first-order valence-electron chi connectivity index (χ1n) is 7.52. The van der Waals surface area contributed by atoms with Crippen molar-refractivity contribution in [3.05, 3.63) is 48.2 Å². The number of rotatable bonds is 6. The first kappa shape index (κ1) is 16.5. The van der Waals surface area contributed by atoms with E-state index >= 15 is 0 Å². The third-order valence-electron chi connectivity index (χ3n) is 2.69. The van der Waals surface area contributed by atoms with Crippen LogP contribution < -0.4 is 0 Å². The van der Waals surface area contributed by atoms with E-state index < -0.39 is 0 Å². The molecule has 0 saturated heterocycles. The van der Waals surface area contributed by atoms with Gasteiger partial charge < -0.3 is 9.15 Å². The van der Waals surface area contributed by atoms with Crippen LogP contribution in [0.5, 0.6) is 0 Å². The molecule has 0 aliphatic carbocycles. The van der Waals surface area contributed by atoms with Gasteiger partial charge in [0.2, 0.25) is 0 Å². The van der Waals surface area contributed by atoms with Gasteiger partial charge in [-0.3, -0.25) is 0 Å². The standard InChI is InChI=1S/C15H18O2.C3H8/c1-2-16-10-4-7-13-6-3-8-14(12-13)15-9-5-11-17-15;1-3-2/h3,5-6,8-9,11-12H,2,4,7,10H2,1H3;3H2,1-2H3. The van der Waals surface area contributed by atoms with Crippen molar-refractivity contribution < 1.29 is 9.15 Å². The number of ether oxygens (including phenoxy) is 1. The zero-order valence-electron chi connectivity index (χ0n) is 12.9. The van der Waals surface area contributed by atoms with Crippen molar-refractivity contribution in [3.8, 4) is 11.3 Å². The van der Waals surface area contributed by atoms with E-state index in [-0.39, 0.29) is 0 Å².